The first-order valence-corrected chi connectivity index (χ1v) is 6.62. The fourth-order valence-electron chi connectivity index (χ4n) is 1.95. The molecule has 0 fully saturated rings. The predicted molar refractivity (Wildman–Crippen MR) is 75.3 cm³/mol. The van der Waals surface area contributed by atoms with Crippen LogP contribution in [0.2, 0.25) is 0 Å². The summed E-state index contributed by atoms with van der Waals surface area (Å²) < 4.78 is 5.42. The second kappa shape index (κ2) is 7.87. The maximum absolute atomic E-state index is 5.42. The third-order valence-electron chi connectivity index (χ3n) is 2.90. The van der Waals surface area contributed by atoms with E-state index < -0.39 is 0 Å². The van der Waals surface area contributed by atoms with Crippen molar-refractivity contribution in [3.05, 3.63) is 11.9 Å². The highest BCUT2D eigenvalue weighted by Gasteiger charge is 2.14. The maximum atomic E-state index is 5.42. The van der Waals surface area contributed by atoms with Crippen molar-refractivity contribution in [2.45, 2.75) is 27.2 Å². The van der Waals surface area contributed by atoms with Crippen LogP contribution in [0.5, 0.6) is 0 Å². The van der Waals surface area contributed by atoms with Crippen LogP contribution in [-0.4, -0.2) is 43.3 Å². The summed E-state index contributed by atoms with van der Waals surface area (Å²) in [4.78, 5) is 10.9. The minimum absolute atomic E-state index is 0.729. The molecule has 102 valence electrons. The van der Waals surface area contributed by atoms with E-state index in [1.165, 1.54) is 5.56 Å². The van der Waals surface area contributed by atoms with E-state index >= 15 is 0 Å². The van der Waals surface area contributed by atoms with Gasteiger partial charge in [-0.05, 0) is 20.3 Å². The highest BCUT2D eigenvalue weighted by molar-refractivity contribution is 5.58. The van der Waals surface area contributed by atoms with Crippen LogP contribution in [0.1, 0.15) is 26.3 Å². The number of nitrogens with zero attached hydrogens (tertiary/aromatic N) is 3. The molecule has 1 heterocycles. The summed E-state index contributed by atoms with van der Waals surface area (Å²) in [5.41, 5.74) is 1.17. The lowest BCUT2D eigenvalue weighted by molar-refractivity contribution is 0.154. The van der Waals surface area contributed by atoms with E-state index in [2.05, 4.69) is 34.0 Å². The number of hydrogen-bond donors (Lipinski definition) is 1. The van der Waals surface area contributed by atoms with Crippen molar-refractivity contribution >= 4 is 11.6 Å². The Kier molecular flexibility index (Phi) is 6.43. The van der Waals surface area contributed by atoms with Crippen molar-refractivity contribution < 1.29 is 4.74 Å². The molecule has 18 heavy (non-hydrogen) atoms. The van der Waals surface area contributed by atoms with Crippen LogP contribution < -0.4 is 10.2 Å². The van der Waals surface area contributed by atoms with Gasteiger partial charge in [0.25, 0.3) is 0 Å². The monoisotopic (exact) mass is 252 g/mol. The van der Waals surface area contributed by atoms with Crippen molar-refractivity contribution in [2.24, 2.45) is 0 Å². The van der Waals surface area contributed by atoms with Crippen molar-refractivity contribution in [3.63, 3.8) is 0 Å². The lowest BCUT2D eigenvalue weighted by atomic mass is 10.2. The summed E-state index contributed by atoms with van der Waals surface area (Å²) in [6.45, 7) is 9.53. The molecule has 1 rings (SSSR count). The van der Waals surface area contributed by atoms with E-state index in [4.69, 9.17) is 4.74 Å². The first-order valence-electron chi connectivity index (χ1n) is 6.62. The summed E-state index contributed by atoms with van der Waals surface area (Å²) in [5, 5.41) is 3.12. The summed E-state index contributed by atoms with van der Waals surface area (Å²) in [6.07, 6.45) is 2.53. The molecule has 0 amide bonds. The van der Waals surface area contributed by atoms with E-state index in [0.717, 1.165) is 44.4 Å². The number of aromatic nitrogens is 2. The molecule has 1 aromatic rings. The van der Waals surface area contributed by atoms with Crippen LogP contribution in [0.4, 0.5) is 11.6 Å². The Morgan fingerprint density at radius 1 is 1.28 bits per heavy atom. The van der Waals surface area contributed by atoms with E-state index in [-0.39, 0.29) is 0 Å². The number of hydrogen-bond acceptors (Lipinski definition) is 5. The molecule has 0 saturated carbocycles. The van der Waals surface area contributed by atoms with Gasteiger partial charge >= 0.3 is 0 Å². The quantitative estimate of drug-likeness (QED) is 0.717. The second-order valence-corrected chi connectivity index (χ2v) is 3.90. The molecule has 0 aliphatic carbocycles. The molecule has 0 aromatic carbocycles. The predicted octanol–water partition coefficient (Wildman–Crippen LogP) is 1.94. The summed E-state index contributed by atoms with van der Waals surface area (Å²) in [5.74, 6) is 1.93. The van der Waals surface area contributed by atoms with Gasteiger partial charge in [0.1, 0.15) is 18.0 Å². The molecule has 0 aliphatic heterocycles. The standard InChI is InChI=1S/C13H24N4O/c1-5-11-12(14-4)15-10-16-13(11)17(6-2)8-9-18-7-3/h10H,5-9H2,1-4H3,(H,14,15,16). The Bertz CT molecular complexity index is 357. The van der Waals surface area contributed by atoms with Gasteiger partial charge in [-0.1, -0.05) is 6.92 Å². The zero-order valence-electron chi connectivity index (χ0n) is 11.9. The Morgan fingerprint density at radius 2 is 2.06 bits per heavy atom. The summed E-state index contributed by atoms with van der Waals surface area (Å²) >= 11 is 0. The van der Waals surface area contributed by atoms with E-state index in [1.807, 2.05) is 14.0 Å². The molecular weight excluding hydrogens is 228 g/mol. The third kappa shape index (κ3) is 3.57. The van der Waals surface area contributed by atoms with Crippen LogP contribution in [0.25, 0.3) is 0 Å². The molecule has 0 radical (unpaired) electrons. The van der Waals surface area contributed by atoms with Gasteiger partial charge in [0.15, 0.2) is 0 Å². The second-order valence-electron chi connectivity index (χ2n) is 3.90. The largest absolute Gasteiger partial charge is 0.380 e. The van der Waals surface area contributed by atoms with Crippen molar-refractivity contribution in [3.8, 4) is 0 Å². The fourth-order valence-corrected chi connectivity index (χ4v) is 1.95. The van der Waals surface area contributed by atoms with Gasteiger partial charge in [0, 0.05) is 32.3 Å². The van der Waals surface area contributed by atoms with Gasteiger partial charge in [-0.3, -0.25) is 0 Å². The minimum Gasteiger partial charge on any atom is -0.380 e. The maximum Gasteiger partial charge on any atom is 0.137 e. The molecule has 5 heteroatoms. The average molecular weight is 252 g/mol. The summed E-state index contributed by atoms with van der Waals surface area (Å²) in [7, 11) is 1.89. The fraction of sp³-hybridized carbons (Fsp3) is 0.692. The molecule has 1 N–H and O–H groups in total. The van der Waals surface area contributed by atoms with Crippen LogP contribution in [0, 0.1) is 0 Å². The number of anilines is 2. The van der Waals surface area contributed by atoms with Gasteiger partial charge in [0.2, 0.25) is 0 Å². The van der Waals surface area contributed by atoms with Gasteiger partial charge < -0.3 is 15.0 Å². The zero-order valence-corrected chi connectivity index (χ0v) is 11.9. The first kappa shape index (κ1) is 14.7. The summed E-state index contributed by atoms with van der Waals surface area (Å²) in [6, 6.07) is 0. The molecule has 0 unspecified atom stereocenters. The van der Waals surface area contributed by atoms with Crippen LogP contribution in [0.3, 0.4) is 0 Å². The van der Waals surface area contributed by atoms with Crippen molar-refractivity contribution in [1.29, 1.82) is 0 Å². The van der Waals surface area contributed by atoms with E-state index in [9.17, 15) is 0 Å². The third-order valence-corrected chi connectivity index (χ3v) is 2.90. The van der Waals surface area contributed by atoms with Crippen molar-refractivity contribution in [2.75, 3.05) is 43.6 Å². The normalized spacial score (nSPS) is 10.4. The highest BCUT2D eigenvalue weighted by atomic mass is 16.5. The van der Waals surface area contributed by atoms with Gasteiger partial charge in [-0.25, -0.2) is 9.97 Å². The molecule has 0 atom stereocenters. The van der Waals surface area contributed by atoms with Crippen molar-refractivity contribution in [1.82, 2.24) is 9.97 Å². The lowest BCUT2D eigenvalue weighted by Gasteiger charge is -2.24. The van der Waals surface area contributed by atoms with E-state index in [1.54, 1.807) is 6.33 Å². The first-order chi connectivity index (χ1) is 8.78. The molecule has 5 nitrogen and oxygen atoms in total. The number of ether oxygens (including phenoxy) is 1. The molecule has 1 aromatic heterocycles. The molecule has 0 spiro atoms. The Morgan fingerprint density at radius 3 is 2.61 bits per heavy atom. The molecule has 0 aliphatic rings. The number of likely N-dealkylation sites (N-methyl/N-ethyl adjacent to an activating group) is 1. The topological polar surface area (TPSA) is 50.3 Å². The van der Waals surface area contributed by atoms with Crippen LogP contribution >= 0.6 is 0 Å². The zero-order chi connectivity index (χ0) is 13.4. The highest BCUT2D eigenvalue weighted by Crippen LogP contribution is 2.23. The number of nitrogens with one attached hydrogen (secondary N) is 1. The Labute approximate surface area is 110 Å². The Hall–Kier alpha value is -1.36. The average Bonchev–Trinajstić information content (AvgIpc) is 2.42. The number of rotatable bonds is 8. The van der Waals surface area contributed by atoms with Gasteiger partial charge in [0.05, 0.1) is 6.61 Å². The van der Waals surface area contributed by atoms with E-state index in [0.29, 0.717) is 0 Å². The SMILES string of the molecule is CCOCCN(CC)c1ncnc(NC)c1CC. The molecular formula is C13H24N4O. The smallest absolute Gasteiger partial charge is 0.137 e. The Balaban J connectivity index is 2.90. The van der Waals surface area contributed by atoms with Crippen LogP contribution in [0.15, 0.2) is 6.33 Å². The minimum atomic E-state index is 0.729. The molecule has 0 saturated heterocycles. The van der Waals surface area contributed by atoms with Gasteiger partial charge in [-0.2, -0.15) is 0 Å². The van der Waals surface area contributed by atoms with Crippen LogP contribution in [-0.2, 0) is 11.2 Å². The lowest BCUT2D eigenvalue weighted by Crippen LogP contribution is -2.29. The molecule has 0 bridgehead atoms. The van der Waals surface area contributed by atoms with Gasteiger partial charge in [-0.15, -0.1) is 0 Å².